The van der Waals surface area contributed by atoms with Gasteiger partial charge in [-0.25, -0.2) is 9.37 Å². The Bertz CT molecular complexity index is 1210. The van der Waals surface area contributed by atoms with Crippen LogP contribution in [0.3, 0.4) is 0 Å². The van der Waals surface area contributed by atoms with Gasteiger partial charge in [0.15, 0.2) is 5.82 Å². The normalized spacial score (nSPS) is 14.3. The fourth-order valence-corrected chi connectivity index (χ4v) is 3.81. The Labute approximate surface area is 188 Å². The molecule has 4 rings (SSSR count). The van der Waals surface area contributed by atoms with Crippen molar-refractivity contribution in [3.8, 4) is 17.3 Å². The summed E-state index contributed by atoms with van der Waals surface area (Å²) in [4.78, 5) is 7.98. The molecular formula is C23H20F4N6. The molecule has 0 aliphatic carbocycles. The summed E-state index contributed by atoms with van der Waals surface area (Å²) in [5, 5.41) is 17.8. The van der Waals surface area contributed by atoms with Gasteiger partial charge in [0.05, 0.1) is 16.8 Å². The minimum absolute atomic E-state index is 0.0524. The van der Waals surface area contributed by atoms with Gasteiger partial charge in [0.25, 0.3) is 0 Å². The van der Waals surface area contributed by atoms with Crippen LogP contribution in [0.1, 0.15) is 22.3 Å². The molecular weight excluding hydrogens is 436 g/mol. The molecule has 1 fully saturated rings. The summed E-state index contributed by atoms with van der Waals surface area (Å²) in [5.74, 6) is 0.640. The van der Waals surface area contributed by atoms with Crippen molar-refractivity contribution >= 4 is 11.6 Å². The molecule has 33 heavy (non-hydrogen) atoms. The van der Waals surface area contributed by atoms with E-state index in [0.29, 0.717) is 43.3 Å². The Kier molecular flexibility index (Phi) is 5.89. The summed E-state index contributed by atoms with van der Waals surface area (Å²) in [6.07, 6.45) is -3.55. The van der Waals surface area contributed by atoms with E-state index < -0.39 is 17.6 Å². The van der Waals surface area contributed by atoms with Gasteiger partial charge in [-0.3, -0.25) is 0 Å². The van der Waals surface area contributed by atoms with Gasteiger partial charge < -0.3 is 9.80 Å². The maximum Gasteiger partial charge on any atom is 0.417 e. The quantitative estimate of drug-likeness (QED) is 0.540. The lowest BCUT2D eigenvalue weighted by Gasteiger charge is -2.36. The molecule has 1 aromatic carbocycles. The largest absolute Gasteiger partial charge is 0.417 e. The van der Waals surface area contributed by atoms with E-state index in [0.717, 1.165) is 29.2 Å². The molecule has 0 bridgehead atoms. The summed E-state index contributed by atoms with van der Waals surface area (Å²) in [6, 6.07) is 8.54. The van der Waals surface area contributed by atoms with E-state index in [4.69, 9.17) is 5.26 Å². The number of halogens is 4. The van der Waals surface area contributed by atoms with Gasteiger partial charge >= 0.3 is 6.18 Å². The highest BCUT2D eigenvalue weighted by Crippen LogP contribution is 2.31. The van der Waals surface area contributed by atoms with Crippen LogP contribution in [-0.4, -0.2) is 41.4 Å². The first-order chi connectivity index (χ1) is 15.7. The van der Waals surface area contributed by atoms with E-state index in [2.05, 4.69) is 20.1 Å². The van der Waals surface area contributed by atoms with Crippen molar-refractivity contribution in [3.05, 3.63) is 64.6 Å². The molecule has 1 aliphatic rings. The Morgan fingerprint density at radius 3 is 2.24 bits per heavy atom. The topological polar surface area (TPSA) is 68.9 Å². The van der Waals surface area contributed by atoms with Crippen molar-refractivity contribution in [2.45, 2.75) is 20.0 Å². The molecule has 6 nitrogen and oxygen atoms in total. The van der Waals surface area contributed by atoms with Crippen molar-refractivity contribution in [1.29, 1.82) is 5.26 Å². The lowest BCUT2D eigenvalue weighted by atomic mass is 10.0. The molecule has 3 aromatic rings. The molecule has 0 unspecified atom stereocenters. The molecule has 0 radical (unpaired) electrons. The third kappa shape index (κ3) is 4.44. The number of hydrogen-bond donors (Lipinski definition) is 0. The zero-order valence-corrected chi connectivity index (χ0v) is 18.0. The predicted molar refractivity (Wildman–Crippen MR) is 115 cm³/mol. The van der Waals surface area contributed by atoms with Gasteiger partial charge in [-0.15, -0.1) is 10.2 Å². The van der Waals surface area contributed by atoms with E-state index in [1.165, 1.54) is 18.2 Å². The molecule has 0 amide bonds. The molecule has 2 aromatic heterocycles. The number of rotatable bonds is 3. The van der Waals surface area contributed by atoms with Crippen LogP contribution in [0.15, 0.2) is 36.5 Å². The Morgan fingerprint density at radius 1 is 0.939 bits per heavy atom. The van der Waals surface area contributed by atoms with E-state index in [1.807, 2.05) is 24.8 Å². The maximum absolute atomic E-state index is 13.7. The van der Waals surface area contributed by atoms with Crippen LogP contribution in [0.4, 0.5) is 29.2 Å². The first kappa shape index (κ1) is 22.5. The zero-order chi connectivity index (χ0) is 23.8. The fraction of sp³-hybridized carbons (Fsp3) is 0.304. The monoisotopic (exact) mass is 456 g/mol. The van der Waals surface area contributed by atoms with Crippen LogP contribution in [0.5, 0.6) is 0 Å². The number of pyridine rings is 1. The maximum atomic E-state index is 13.7. The van der Waals surface area contributed by atoms with E-state index in [1.54, 1.807) is 6.07 Å². The highest BCUT2D eigenvalue weighted by Gasteiger charge is 2.31. The Hall–Kier alpha value is -3.74. The van der Waals surface area contributed by atoms with Gasteiger partial charge in [-0.1, -0.05) is 0 Å². The summed E-state index contributed by atoms with van der Waals surface area (Å²) in [6.45, 7) is 6.19. The average molecular weight is 456 g/mol. The number of nitriles is 1. The third-order valence-corrected chi connectivity index (χ3v) is 5.84. The molecule has 0 saturated carbocycles. The number of aromatic nitrogens is 3. The second-order valence-corrected chi connectivity index (χ2v) is 7.81. The second-order valence-electron chi connectivity index (χ2n) is 7.81. The first-order valence-electron chi connectivity index (χ1n) is 10.3. The standard InChI is InChI=1S/C23H20F4N6/c1-14-15(2)22(31-30-21(14)16-3-5-19(24)17(11-16)12-28)33-9-7-32(8-10-33)20-6-4-18(13-29-20)23(25,26)27/h3-6,11,13H,7-10H2,1-2H3. The van der Waals surface area contributed by atoms with E-state index in [9.17, 15) is 17.6 Å². The smallest absolute Gasteiger partial charge is 0.353 e. The molecule has 0 spiro atoms. The van der Waals surface area contributed by atoms with Gasteiger partial charge in [-0.05, 0) is 55.3 Å². The molecule has 0 atom stereocenters. The number of alkyl halides is 3. The predicted octanol–water partition coefficient (Wildman–Crippen LogP) is 4.51. The summed E-state index contributed by atoms with van der Waals surface area (Å²) < 4.78 is 52.0. The van der Waals surface area contributed by atoms with E-state index >= 15 is 0 Å². The van der Waals surface area contributed by atoms with Gasteiger partial charge in [0.2, 0.25) is 0 Å². The first-order valence-corrected chi connectivity index (χ1v) is 10.3. The minimum atomic E-state index is -4.41. The van der Waals surface area contributed by atoms with Crippen molar-refractivity contribution in [3.63, 3.8) is 0 Å². The third-order valence-electron chi connectivity index (χ3n) is 5.84. The second kappa shape index (κ2) is 8.65. The van der Waals surface area contributed by atoms with Crippen molar-refractivity contribution < 1.29 is 17.6 Å². The molecule has 10 heteroatoms. The van der Waals surface area contributed by atoms with Crippen LogP contribution in [0.25, 0.3) is 11.3 Å². The summed E-state index contributed by atoms with van der Waals surface area (Å²) >= 11 is 0. The molecule has 0 N–H and O–H groups in total. The zero-order valence-electron chi connectivity index (χ0n) is 18.0. The number of hydrogen-bond acceptors (Lipinski definition) is 6. The number of benzene rings is 1. The molecule has 1 saturated heterocycles. The minimum Gasteiger partial charge on any atom is -0.353 e. The highest BCUT2D eigenvalue weighted by molar-refractivity contribution is 5.68. The van der Waals surface area contributed by atoms with Crippen molar-refractivity contribution in [1.82, 2.24) is 15.2 Å². The Balaban J connectivity index is 1.50. The highest BCUT2D eigenvalue weighted by atomic mass is 19.4. The van der Waals surface area contributed by atoms with Crippen LogP contribution < -0.4 is 9.80 Å². The SMILES string of the molecule is Cc1c(-c2ccc(F)c(C#N)c2)nnc(N2CCN(c3ccc(C(F)(F)F)cn3)CC2)c1C. The fourth-order valence-electron chi connectivity index (χ4n) is 3.81. The van der Waals surface area contributed by atoms with Crippen LogP contribution in [0.2, 0.25) is 0 Å². The number of piperazine rings is 1. The average Bonchev–Trinajstić information content (AvgIpc) is 2.81. The number of nitrogens with zero attached hydrogens (tertiary/aromatic N) is 6. The van der Waals surface area contributed by atoms with Crippen molar-refractivity contribution in [2.24, 2.45) is 0 Å². The molecule has 3 heterocycles. The lowest BCUT2D eigenvalue weighted by molar-refractivity contribution is -0.137. The number of anilines is 2. The Morgan fingerprint density at radius 2 is 1.64 bits per heavy atom. The van der Waals surface area contributed by atoms with Crippen LogP contribution in [0, 0.1) is 31.0 Å². The summed E-state index contributed by atoms with van der Waals surface area (Å²) in [5.41, 5.74) is 2.18. The summed E-state index contributed by atoms with van der Waals surface area (Å²) in [7, 11) is 0. The molecule has 170 valence electrons. The van der Waals surface area contributed by atoms with E-state index in [-0.39, 0.29) is 5.56 Å². The van der Waals surface area contributed by atoms with Gasteiger partial charge in [0.1, 0.15) is 17.7 Å². The van der Waals surface area contributed by atoms with Gasteiger partial charge in [0, 0.05) is 37.9 Å². The van der Waals surface area contributed by atoms with Gasteiger partial charge in [-0.2, -0.15) is 18.4 Å². The van der Waals surface area contributed by atoms with Crippen LogP contribution >= 0.6 is 0 Å². The molecule has 1 aliphatic heterocycles. The van der Waals surface area contributed by atoms with Crippen LogP contribution in [-0.2, 0) is 6.18 Å². The lowest BCUT2D eigenvalue weighted by Crippen LogP contribution is -2.47. The van der Waals surface area contributed by atoms with Crippen molar-refractivity contribution in [2.75, 3.05) is 36.0 Å².